The fourth-order valence-electron chi connectivity index (χ4n) is 2.04. The minimum Gasteiger partial charge on any atom is -0.306 e. The van der Waals surface area contributed by atoms with Crippen LogP contribution in [0.5, 0.6) is 0 Å². The Morgan fingerprint density at radius 3 is 2.75 bits per heavy atom. The van der Waals surface area contributed by atoms with E-state index in [-0.39, 0.29) is 11.9 Å². The molecule has 2 nitrogen and oxygen atoms in total. The van der Waals surface area contributed by atoms with E-state index >= 15 is 0 Å². The van der Waals surface area contributed by atoms with Gasteiger partial charge in [-0.1, -0.05) is 42.3 Å². The summed E-state index contributed by atoms with van der Waals surface area (Å²) < 4.78 is 14.0. The summed E-state index contributed by atoms with van der Waals surface area (Å²) in [7, 11) is 0. The first-order chi connectivity index (χ1) is 9.65. The van der Waals surface area contributed by atoms with Crippen LogP contribution in [-0.2, 0) is 0 Å². The second-order valence-electron chi connectivity index (χ2n) is 4.43. The molecule has 2 aromatic rings. The summed E-state index contributed by atoms with van der Waals surface area (Å²) in [5, 5.41) is 4.20. The molecule has 106 valence electrons. The van der Waals surface area contributed by atoms with Crippen LogP contribution in [0.25, 0.3) is 0 Å². The van der Waals surface area contributed by atoms with E-state index in [4.69, 9.17) is 23.2 Å². The standard InChI is InChI=1S/C15H15Cl2FN2/c1-2-7-20-15(10-6-8-19-9-13(10)18)11-4-3-5-12(16)14(11)17/h3-6,8-9,15,20H,2,7H2,1H3. The molecule has 0 aliphatic carbocycles. The van der Waals surface area contributed by atoms with E-state index in [1.165, 1.54) is 6.20 Å². The fourth-order valence-corrected chi connectivity index (χ4v) is 2.46. The summed E-state index contributed by atoms with van der Waals surface area (Å²) in [6.07, 6.45) is 3.70. The molecular weight excluding hydrogens is 298 g/mol. The molecule has 1 atom stereocenters. The van der Waals surface area contributed by atoms with Crippen molar-refractivity contribution in [3.05, 3.63) is 63.6 Å². The van der Waals surface area contributed by atoms with Gasteiger partial charge >= 0.3 is 0 Å². The molecule has 1 N–H and O–H groups in total. The predicted molar refractivity (Wildman–Crippen MR) is 80.8 cm³/mol. The smallest absolute Gasteiger partial charge is 0.146 e. The summed E-state index contributed by atoms with van der Waals surface area (Å²) in [5.74, 6) is -0.364. The highest BCUT2D eigenvalue weighted by Crippen LogP contribution is 2.33. The molecule has 0 saturated carbocycles. The minimum absolute atomic E-state index is 0.343. The van der Waals surface area contributed by atoms with Gasteiger partial charge in [-0.15, -0.1) is 0 Å². The third-order valence-electron chi connectivity index (χ3n) is 3.01. The van der Waals surface area contributed by atoms with E-state index in [1.54, 1.807) is 18.3 Å². The monoisotopic (exact) mass is 312 g/mol. The molecule has 0 aliphatic rings. The highest BCUT2D eigenvalue weighted by Gasteiger charge is 2.20. The molecule has 1 heterocycles. The number of halogens is 3. The van der Waals surface area contributed by atoms with Crippen LogP contribution in [0.2, 0.25) is 10.0 Å². The van der Waals surface area contributed by atoms with Crippen LogP contribution in [0, 0.1) is 5.82 Å². The number of rotatable bonds is 5. The molecule has 1 aromatic heterocycles. The lowest BCUT2D eigenvalue weighted by molar-refractivity contribution is 0.543. The molecule has 0 fully saturated rings. The van der Waals surface area contributed by atoms with Gasteiger partial charge in [0.05, 0.1) is 22.3 Å². The van der Waals surface area contributed by atoms with Crippen LogP contribution in [0.4, 0.5) is 4.39 Å². The largest absolute Gasteiger partial charge is 0.306 e. The van der Waals surface area contributed by atoms with Gasteiger partial charge in [-0.3, -0.25) is 4.98 Å². The number of nitrogens with one attached hydrogen (secondary N) is 1. The maximum absolute atomic E-state index is 14.0. The third kappa shape index (κ3) is 3.29. The van der Waals surface area contributed by atoms with Gasteiger partial charge in [-0.2, -0.15) is 0 Å². The molecule has 0 amide bonds. The van der Waals surface area contributed by atoms with Crippen LogP contribution in [-0.4, -0.2) is 11.5 Å². The van der Waals surface area contributed by atoms with Crippen molar-refractivity contribution in [1.29, 1.82) is 0 Å². The summed E-state index contributed by atoms with van der Waals surface area (Å²) in [6.45, 7) is 2.79. The Hall–Kier alpha value is -1.16. The Bertz CT molecular complexity index is 590. The molecule has 1 unspecified atom stereocenters. The van der Waals surface area contributed by atoms with Crippen molar-refractivity contribution in [2.24, 2.45) is 0 Å². The first-order valence-electron chi connectivity index (χ1n) is 6.41. The van der Waals surface area contributed by atoms with Crippen LogP contribution >= 0.6 is 23.2 Å². The van der Waals surface area contributed by atoms with E-state index < -0.39 is 0 Å². The van der Waals surface area contributed by atoms with Gasteiger partial charge in [-0.05, 0) is 30.7 Å². The van der Waals surface area contributed by atoms with Gasteiger partial charge in [0.25, 0.3) is 0 Å². The molecule has 0 radical (unpaired) electrons. The number of hydrogen-bond acceptors (Lipinski definition) is 2. The van der Waals surface area contributed by atoms with Crippen molar-refractivity contribution in [2.45, 2.75) is 19.4 Å². The highest BCUT2D eigenvalue weighted by atomic mass is 35.5. The minimum atomic E-state index is -0.364. The second-order valence-corrected chi connectivity index (χ2v) is 5.21. The second kappa shape index (κ2) is 7.02. The lowest BCUT2D eigenvalue weighted by Gasteiger charge is -2.21. The van der Waals surface area contributed by atoms with Crippen molar-refractivity contribution in [3.63, 3.8) is 0 Å². The van der Waals surface area contributed by atoms with E-state index in [9.17, 15) is 4.39 Å². The predicted octanol–water partition coefficient (Wildman–Crippen LogP) is 4.62. The molecular formula is C15H15Cl2FN2. The van der Waals surface area contributed by atoms with Crippen molar-refractivity contribution < 1.29 is 4.39 Å². The van der Waals surface area contributed by atoms with Gasteiger partial charge in [0.1, 0.15) is 5.82 Å². The molecule has 0 saturated heterocycles. The summed E-state index contributed by atoms with van der Waals surface area (Å²) in [5.41, 5.74) is 1.27. The van der Waals surface area contributed by atoms with Crippen LogP contribution in [0.3, 0.4) is 0 Å². The zero-order valence-electron chi connectivity index (χ0n) is 11.0. The Morgan fingerprint density at radius 2 is 2.05 bits per heavy atom. The normalized spacial score (nSPS) is 12.4. The van der Waals surface area contributed by atoms with Gasteiger partial charge in [0.15, 0.2) is 0 Å². The summed E-state index contributed by atoms with van der Waals surface area (Å²) in [4.78, 5) is 3.78. The lowest BCUT2D eigenvalue weighted by Crippen LogP contribution is -2.24. The summed E-state index contributed by atoms with van der Waals surface area (Å²) >= 11 is 12.3. The van der Waals surface area contributed by atoms with Crippen LogP contribution < -0.4 is 5.32 Å². The number of nitrogens with zero attached hydrogens (tertiary/aromatic N) is 1. The average molecular weight is 313 g/mol. The lowest BCUT2D eigenvalue weighted by atomic mass is 9.99. The zero-order chi connectivity index (χ0) is 14.5. The van der Waals surface area contributed by atoms with E-state index in [1.807, 2.05) is 19.1 Å². The zero-order valence-corrected chi connectivity index (χ0v) is 12.5. The van der Waals surface area contributed by atoms with Crippen molar-refractivity contribution in [2.75, 3.05) is 6.54 Å². The van der Waals surface area contributed by atoms with Crippen LogP contribution in [0.15, 0.2) is 36.7 Å². The van der Waals surface area contributed by atoms with Crippen molar-refractivity contribution in [1.82, 2.24) is 10.3 Å². The van der Waals surface area contributed by atoms with Gasteiger partial charge in [0.2, 0.25) is 0 Å². The summed E-state index contributed by atoms with van der Waals surface area (Å²) in [6, 6.07) is 6.68. The van der Waals surface area contributed by atoms with Crippen molar-refractivity contribution in [3.8, 4) is 0 Å². The van der Waals surface area contributed by atoms with E-state index in [0.717, 1.165) is 18.5 Å². The van der Waals surface area contributed by atoms with Gasteiger partial charge < -0.3 is 5.32 Å². The molecule has 0 aliphatic heterocycles. The quantitative estimate of drug-likeness (QED) is 0.871. The van der Waals surface area contributed by atoms with E-state index in [0.29, 0.717) is 15.6 Å². The van der Waals surface area contributed by atoms with Gasteiger partial charge in [-0.25, -0.2) is 4.39 Å². The maximum atomic E-state index is 14.0. The Kier molecular flexibility index (Phi) is 5.35. The fraction of sp³-hybridized carbons (Fsp3) is 0.267. The van der Waals surface area contributed by atoms with Crippen LogP contribution in [0.1, 0.15) is 30.5 Å². The topological polar surface area (TPSA) is 24.9 Å². The first-order valence-corrected chi connectivity index (χ1v) is 7.17. The Morgan fingerprint density at radius 1 is 1.25 bits per heavy atom. The molecule has 2 rings (SSSR count). The third-order valence-corrected chi connectivity index (χ3v) is 3.84. The molecule has 1 aromatic carbocycles. The number of hydrogen-bond donors (Lipinski definition) is 1. The first kappa shape index (κ1) is 15.2. The number of aromatic nitrogens is 1. The molecule has 5 heteroatoms. The SMILES string of the molecule is CCCNC(c1ccncc1F)c1cccc(Cl)c1Cl. The van der Waals surface area contributed by atoms with Crippen molar-refractivity contribution >= 4 is 23.2 Å². The Balaban J connectivity index is 2.47. The average Bonchev–Trinajstić information content (AvgIpc) is 2.45. The molecule has 0 spiro atoms. The van der Waals surface area contributed by atoms with Gasteiger partial charge in [0, 0.05) is 11.8 Å². The number of pyridine rings is 1. The highest BCUT2D eigenvalue weighted by molar-refractivity contribution is 6.42. The number of benzene rings is 1. The Labute approximate surface area is 127 Å². The molecule has 20 heavy (non-hydrogen) atoms. The maximum Gasteiger partial charge on any atom is 0.146 e. The van der Waals surface area contributed by atoms with E-state index in [2.05, 4.69) is 10.3 Å². The molecule has 0 bridgehead atoms.